The number of carbonyl (C=O) groups is 1. The van der Waals surface area contributed by atoms with Gasteiger partial charge in [0.25, 0.3) is 0 Å². The van der Waals surface area contributed by atoms with E-state index >= 15 is 0 Å². The first-order valence-electron chi connectivity index (χ1n) is 12.3. The van der Waals surface area contributed by atoms with E-state index in [0.29, 0.717) is 36.5 Å². The zero-order valence-electron chi connectivity index (χ0n) is 20.9. The van der Waals surface area contributed by atoms with Gasteiger partial charge in [-0.05, 0) is 59.0 Å². The van der Waals surface area contributed by atoms with Crippen LogP contribution >= 0.6 is 23.2 Å². The van der Waals surface area contributed by atoms with Crippen molar-refractivity contribution < 1.29 is 4.79 Å². The highest BCUT2D eigenvalue weighted by molar-refractivity contribution is 6.30. The molecular formula is C30H29Cl2N5O. The van der Waals surface area contributed by atoms with Gasteiger partial charge in [-0.3, -0.25) is 14.2 Å². The van der Waals surface area contributed by atoms with Gasteiger partial charge in [0.05, 0.1) is 24.8 Å². The third-order valence-electron chi connectivity index (χ3n) is 5.88. The number of hydrogen-bond acceptors (Lipinski definition) is 4. The van der Waals surface area contributed by atoms with E-state index in [1.165, 1.54) is 5.56 Å². The van der Waals surface area contributed by atoms with Crippen molar-refractivity contribution in [2.24, 2.45) is 5.73 Å². The van der Waals surface area contributed by atoms with Crippen molar-refractivity contribution in [1.82, 2.24) is 19.6 Å². The Morgan fingerprint density at radius 3 is 1.97 bits per heavy atom. The Balaban J connectivity index is 0.000000317. The largest absolute Gasteiger partial charge is 0.326 e. The van der Waals surface area contributed by atoms with E-state index in [2.05, 4.69) is 34.5 Å². The van der Waals surface area contributed by atoms with Crippen LogP contribution in [0, 0.1) is 0 Å². The third-order valence-corrected chi connectivity index (χ3v) is 6.35. The number of aryl methyl sites for hydroxylation is 1. The molecule has 0 unspecified atom stereocenters. The summed E-state index contributed by atoms with van der Waals surface area (Å²) < 4.78 is 3.69. The molecule has 2 N–H and O–H groups in total. The molecule has 0 fully saturated rings. The van der Waals surface area contributed by atoms with Crippen LogP contribution in [0.4, 0.5) is 0 Å². The van der Waals surface area contributed by atoms with Crippen molar-refractivity contribution >= 4 is 29.0 Å². The van der Waals surface area contributed by atoms with Crippen molar-refractivity contribution in [1.29, 1.82) is 0 Å². The average Bonchev–Trinajstić information content (AvgIpc) is 3.61. The van der Waals surface area contributed by atoms with E-state index in [1.807, 2.05) is 71.7 Å². The Kier molecular flexibility index (Phi) is 9.87. The van der Waals surface area contributed by atoms with Crippen LogP contribution in [0.2, 0.25) is 10.0 Å². The quantitative estimate of drug-likeness (QED) is 0.216. The first-order chi connectivity index (χ1) is 18.5. The lowest BCUT2D eigenvalue weighted by Gasteiger charge is -2.05. The number of rotatable bonds is 9. The summed E-state index contributed by atoms with van der Waals surface area (Å²) in [5, 5.41) is 10.0. The van der Waals surface area contributed by atoms with Crippen molar-refractivity contribution in [3.05, 3.63) is 142 Å². The van der Waals surface area contributed by atoms with Crippen LogP contribution in [0.1, 0.15) is 39.0 Å². The summed E-state index contributed by atoms with van der Waals surface area (Å²) in [6.07, 6.45) is 8.29. The lowest BCUT2D eigenvalue weighted by Crippen LogP contribution is -2.03. The van der Waals surface area contributed by atoms with Gasteiger partial charge >= 0.3 is 0 Å². The molecule has 0 amide bonds. The average molecular weight is 547 g/mol. The number of carbonyl (C=O) groups excluding carboxylic acids is 1. The maximum Gasteiger partial charge on any atom is 0.166 e. The minimum Gasteiger partial charge on any atom is -0.326 e. The SMILES string of the molecule is NCc1cccc(Cl)c1.O=C(CCc1cccc(Cl)c1)c1cnn(Cc2ccc(Cn3cccn3)cc2)c1. The number of halogens is 2. The van der Waals surface area contributed by atoms with E-state index < -0.39 is 0 Å². The molecule has 3 aromatic carbocycles. The van der Waals surface area contributed by atoms with Gasteiger partial charge in [-0.25, -0.2) is 0 Å². The summed E-state index contributed by atoms with van der Waals surface area (Å²) in [4.78, 5) is 12.5. The van der Waals surface area contributed by atoms with Crippen LogP contribution in [0.15, 0.2) is 104 Å². The van der Waals surface area contributed by atoms with Gasteiger partial charge in [0.1, 0.15) is 0 Å². The molecule has 0 aliphatic heterocycles. The molecule has 0 radical (unpaired) electrons. The van der Waals surface area contributed by atoms with Crippen LogP contribution < -0.4 is 5.73 Å². The Bertz CT molecular complexity index is 1450. The molecule has 0 aliphatic carbocycles. The smallest absolute Gasteiger partial charge is 0.166 e. The molecule has 0 bridgehead atoms. The molecule has 38 heavy (non-hydrogen) atoms. The second-order valence-corrected chi connectivity index (χ2v) is 9.71. The number of nitrogens with two attached hydrogens (primary N) is 1. The molecule has 0 saturated carbocycles. The lowest BCUT2D eigenvalue weighted by molar-refractivity contribution is 0.0982. The van der Waals surface area contributed by atoms with Gasteiger partial charge in [-0.15, -0.1) is 0 Å². The van der Waals surface area contributed by atoms with Crippen molar-refractivity contribution in [2.45, 2.75) is 32.5 Å². The summed E-state index contributed by atoms with van der Waals surface area (Å²) in [6, 6.07) is 25.4. The Hall–Kier alpha value is -3.71. The second-order valence-electron chi connectivity index (χ2n) is 8.83. The Morgan fingerprint density at radius 1 is 0.763 bits per heavy atom. The van der Waals surface area contributed by atoms with Crippen LogP contribution in [0.5, 0.6) is 0 Å². The molecule has 8 heteroatoms. The zero-order chi connectivity index (χ0) is 26.7. The van der Waals surface area contributed by atoms with Gasteiger partial charge in [-0.1, -0.05) is 71.7 Å². The van der Waals surface area contributed by atoms with Crippen LogP contribution in [0.25, 0.3) is 0 Å². The van der Waals surface area contributed by atoms with E-state index in [4.69, 9.17) is 28.9 Å². The van der Waals surface area contributed by atoms with Gasteiger partial charge in [0.2, 0.25) is 0 Å². The lowest BCUT2D eigenvalue weighted by atomic mass is 10.1. The van der Waals surface area contributed by atoms with Crippen molar-refractivity contribution in [2.75, 3.05) is 0 Å². The molecule has 0 atom stereocenters. The topological polar surface area (TPSA) is 78.7 Å². The van der Waals surface area contributed by atoms with Crippen molar-refractivity contribution in [3.63, 3.8) is 0 Å². The molecule has 5 aromatic rings. The van der Waals surface area contributed by atoms with Crippen molar-refractivity contribution in [3.8, 4) is 0 Å². The highest BCUT2D eigenvalue weighted by atomic mass is 35.5. The van der Waals surface area contributed by atoms with Crippen LogP contribution in [0.3, 0.4) is 0 Å². The molecule has 0 aliphatic rings. The van der Waals surface area contributed by atoms with E-state index in [9.17, 15) is 4.79 Å². The number of aromatic nitrogens is 4. The first-order valence-corrected chi connectivity index (χ1v) is 13.0. The minimum atomic E-state index is 0.0887. The summed E-state index contributed by atoms with van der Waals surface area (Å²) in [5.41, 5.74) is 10.5. The normalized spacial score (nSPS) is 10.6. The van der Waals surface area contributed by atoms with Gasteiger partial charge in [-0.2, -0.15) is 10.2 Å². The Morgan fingerprint density at radius 2 is 1.39 bits per heavy atom. The van der Waals surface area contributed by atoms with E-state index in [1.54, 1.807) is 17.1 Å². The highest BCUT2D eigenvalue weighted by Crippen LogP contribution is 2.14. The molecule has 2 heterocycles. The summed E-state index contributed by atoms with van der Waals surface area (Å²) in [6.45, 7) is 1.94. The summed E-state index contributed by atoms with van der Waals surface area (Å²) in [7, 11) is 0. The molecular weight excluding hydrogens is 517 g/mol. The van der Waals surface area contributed by atoms with Gasteiger partial charge in [0.15, 0.2) is 5.78 Å². The summed E-state index contributed by atoms with van der Waals surface area (Å²) >= 11 is 11.7. The van der Waals surface area contributed by atoms with E-state index in [0.717, 1.165) is 28.3 Å². The molecule has 0 spiro atoms. The van der Waals surface area contributed by atoms with Crippen LogP contribution in [-0.4, -0.2) is 25.3 Å². The standard InChI is InChI=1S/C23H21ClN4O.C7H8ClN/c24-22-4-1-3-18(13-22)9-10-23(29)21-14-26-28(17-21)16-20-7-5-19(6-8-20)15-27-12-2-11-25-27;8-7-3-1-2-6(4-7)5-9/h1-8,11-14,17H,9-10,15-16H2;1-4H,5,9H2. The first kappa shape index (κ1) is 27.3. The number of hydrogen-bond donors (Lipinski definition) is 1. The van der Waals surface area contributed by atoms with Crippen LogP contribution in [-0.2, 0) is 26.1 Å². The van der Waals surface area contributed by atoms with Gasteiger partial charge in [0, 0.05) is 41.6 Å². The molecule has 0 saturated heterocycles. The Labute approximate surface area is 232 Å². The van der Waals surface area contributed by atoms with Gasteiger partial charge < -0.3 is 5.73 Å². The fourth-order valence-electron chi connectivity index (χ4n) is 3.87. The molecule has 194 valence electrons. The molecule has 2 aromatic heterocycles. The fourth-order valence-corrected chi connectivity index (χ4v) is 4.30. The number of Topliss-reactive ketones (excluding diaryl/α,β-unsaturated/α-hetero) is 1. The number of benzene rings is 3. The maximum atomic E-state index is 12.5. The summed E-state index contributed by atoms with van der Waals surface area (Å²) in [5.74, 6) is 0.0887. The second kappa shape index (κ2) is 13.7. The molecule has 5 rings (SSSR count). The third kappa shape index (κ3) is 8.42. The monoisotopic (exact) mass is 545 g/mol. The predicted octanol–water partition coefficient (Wildman–Crippen LogP) is 6.44. The highest BCUT2D eigenvalue weighted by Gasteiger charge is 2.10. The maximum absolute atomic E-state index is 12.5. The van der Waals surface area contributed by atoms with E-state index in [-0.39, 0.29) is 5.78 Å². The predicted molar refractivity (Wildman–Crippen MR) is 153 cm³/mol. The number of ketones is 1. The fraction of sp³-hybridized carbons (Fsp3) is 0.167. The zero-order valence-corrected chi connectivity index (χ0v) is 22.4. The minimum absolute atomic E-state index is 0.0887. The molecule has 6 nitrogen and oxygen atoms in total. The number of nitrogens with zero attached hydrogens (tertiary/aromatic N) is 4.